The third kappa shape index (κ3) is 4.52. The van der Waals surface area contributed by atoms with Crippen molar-refractivity contribution in [3.63, 3.8) is 0 Å². The smallest absolute Gasteiger partial charge is 0.254 e. The number of aromatic nitrogens is 3. The minimum Gasteiger partial charge on any atom is -0.461 e. The Hall–Kier alpha value is -3.45. The van der Waals surface area contributed by atoms with Gasteiger partial charge in [0.15, 0.2) is 5.76 Å². The second kappa shape index (κ2) is 8.28. The van der Waals surface area contributed by atoms with Crippen molar-refractivity contribution < 1.29 is 13.6 Å². The van der Waals surface area contributed by atoms with Gasteiger partial charge in [-0.2, -0.15) is 9.67 Å². The Balaban J connectivity index is 1.59. The van der Waals surface area contributed by atoms with Crippen LogP contribution in [0.4, 0.5) is 10.3 Å². The molecule has 0 radical (unpaired) electrons. The first-order valence-corrected chi connectivity index (χ1v) is 9.23. The quantitative estimate of drug-likeness (QED) is 0.493. The van der Waals surface area contributed by atoms with Crippen LogP contribution in [0, 0.1) is 5.82 Å². The molecule has 0 bridgehead atoms. The highest BCUT2D eigenvalue weighted by molar-refractivity contribution is 6.30. The molecule has 6 nitrogen and oxygen atoms in total. The molecule has 0 atom stereocenters. The highest BCUT2D eigenvalue weighted by Crippen LogP contribution is 2.20. The van der Waals surface area contributed by atoms with Crippen LogP contribution in [0.2, 0.25) is 5.02 Å². The number of carbonyl (C=O) groups excluding carboxylic acids is 1. The number of furan rings is 1. The molecule has 0 saturated heterocycles. The second-order valence-electron chi connectivity index (χ2n) is 6.33. The number of benzene rings is 2. The van der Waals surface area contributed by atoms with Crippen LogP contribution in [-0.2, 0) is 13.0 Å². The van der Waals surface area contributed by atoms with E-state index >= 15 is 0 Å². The van der Waals surface area contributed by atoms with Crippen molar-refractivity contribution in [2.45, 2.75) is 13.0 Å². The molecule has 1 N–H and O–H groups in total. The molecule has 0 spiro atoms. The van der Waals surface area contributed by atoms with Crippen LogP contribution in [0.1, 0.15) is 15.9 Å². The summed E-state index contributed by atoms with van der Waals surface area (Å²) >= 11 is 5.90. The van der Waals surface area contributed by atoms with Gasteiger partial charge in [0, 0.05) is 11.6 Å². The van der Waals surface area contributed by atoms with Gasteiger partial charge in [-0.05, 0) is 47.5 Å². The molecule has 2 heterocycles. The summed E-state index contributed by atoms with van der Waals surface area (Å²) in [6.07, 6.45) is 1.64. The maximum absolute atomic E-state index is 13.1. The molecule has 146 valence electrons. The molecule has 0 fully saturated rings. The Morgan fingerprint density at radius 2 is 1.79 bits per heavy atom. The van der Waals surface area contributed by atoms with Crippen LogP contribution >= 0.6 is 11.6 Å². The van der Waals surface area contributed by atoms with Crippen molar-refractivity contribution >= 4 is 23.5 Å². The van der Waals surface area contributed by atoms with Crippen LogP contribution in [0.3, 0.4) is 0 Å². The number of hydrogen-bond donors (Lipinski definition) is 1. The van der Waals surface area contributed by atoms with Crippen LogP contribution in [0.5, 0.6) is 0 Å². The lowest BCUT2D eigenvalue weighted by molar-refractivity contribution is 0.0901. The Labute approximate surface area is 170 Å². The number of hydrogen-bond acceptors (Lipinski definition) is 5. The molecule has 2 aromatic carbocycles. The zero-order valence-corrected chi connectivity index (χ0v) is 15.9. The normalized spacial score (nSPS) is 10.8. The van der Waals surface area contributed by atoms with Crippen molar-refractivity contribution in [2.75, 3.05) is 5.32 Å². The van der Waals surface area contributed by atoms with Crippen molar-refractivity contribution in [1.82, 2.24) is 14.8 Å². The van der Waals surface area contributed by atoms with Gasteiger partial charge in [-0.25, -0.2) is 4.39 Å². The molecule has 0 unspecified atom stereocenters. The molecule has 0 saturated carbocycles. The van der Waals surface area contributed by atoms with Crippen LogP contribution in [-0.4, -0.2) is 20.7 Å². The predicted molar refractivity (Wildman–Crippen MR) is 107 cm³/mol. The monoisotopic (exact) mass is 410 g/mol. The summed E-state index contributed by atoms with van der Waals surface area (Å²) in [5, 5.41) is 8.00. The van der Waals surface area contributed by atoms with Gasteiger partial charge in [-0.15, -0.1) is 5.10 Å². The van der Waals surface area contributed by atoms with Gasteiger partial charge in [-0.3, -0.25) is 4.79 Å². The van der Waals surface area contributed by atoms with E-state index in [-0.39, 0.29) is 24.1 Å². The molecule has 0 aliphatic rings. The third-order valence-electron chi connectivity index (χ3n) is 4.22. The molecular weight excluding hydrogens is 395 g/mol. The number of anilines is 1. The molecule has 8 heteroatoms. The van der Waals surface area contributed by atoms with E-state index in [0.717, 1.165) is 11.1 Å². The van der Waals surface area contributed by atoms with Crippen molar-refractivity contribution in [3.8, 4) is 11.6 Å². The van der Waals surface area contributed by atoms with Crippen molar-refractivity contribution in [3.05, 3.63) is 88.9 Å². The summed E-state index contributed by atoms with van der Waals surface area (Å²) in [7, 11) is 0. The summed E-state index contributed by atoms with van der Waals surface area (Å²) < 4.78 is 19.7. The van der Waals surface area contributed by atoms with Crippen molar-refractivity contribution in [2.24, 2.45) is 0 Å². The first-order chi connectivity index (χ1) is 14.1. The maximum atomic E-state index is 13.1. The molecular formula is C21H16ClFN4O2. The fourth-order valence-electron chi connectivity index (χ4n) is 2.75. The zero-order chi connectivity index (χ0) is 20.2. The van der Waals surface area contributed by atoms with E-state index < -0.39 is 0 Å². The summed E-state index contributed by atoms with van der Waals surface area (Å²) in [4.78, 5) is 17.3. The summed E-state index contributed by atoms with van der Waals surface area (Å²) in [5.74, 6) is 0.447. The first-order valence-electron chi connectivity index (χ1n) is 8.85. The highest BCUT2D eigenvalue weighted by Gasteiger charge is 2.19. The van der Waals surface area contributed by atoms with E-state index in [9.17, 15) is 9.18 Å². The Morgan fingerprint density at radius 3 is 2.48 bits per heavy atom. The van der Waals surface area contributed by atoms with E-state index in [1.54, 1.807) is 48.5 Å². The number of nitrogens with one attached hydrogen (secondary N) is 1. The maximum Gasteiger partial charge on any atom is 0.254 e. The van der Waals surface area contributed by atoms with E-state index in [2.05, 4.69) is 15.4 Å². The van der Waals surface area contributed by atoms with Gasteiger partial charge < -0.3 is 9.73 Å². The van der Waals surface area contributed by atoms with Crippen LogP contribution in [0.25, 0.3) is 11.6 Å². The van der Waals surface area contributed by atoms with Gasteiger partial charge in [0.05, 0.1) is 12.7 Å². The van der Waals surface area contributed by atoms with Crippen molar-refractivity contribution in [1.29, 1.82) is 0 Å². The predicted octanol–water partition coefficient (Wildman–Crippen LogP) is 4.83. The van der Waals surface area contributed by atoms with Gasteiger partial charge >= 0.3 is 0 Å². The fourth-order valence-corrected chi connectivity index (χ4v) is 2.87. The Bertz CT molecular complexity index is 1110. The molecule has 2 aromatic heterocycles. The average Bonchev–Trinajstić information content (AvgIpc) is 3.39. The van der Waals surface area contributed by atoms with Gasteiger partial charge in [0.1, 0.15) is 5.82 Å². The minimum atomic E-state index is -0.310. The summed E-state index contributed by atoms with van der Waals surface area (Å²) in [6.45, 7) is 0.352. The lowest BCUT2D eigenvalue weighted by Gasteiger charge is -2.07. The van der Waals surface area contributed by atoms with E-state index in [1.165, 1.54) is 23.1 Å². The van der Waals surface area contributed by atoms with Crippen LogP contribution in [0.15, 0.2) is 71.3 Å². The van der Waals surface area contributed by atoms with E-state index in [1.807, 2.05) is 0 Å². The number of carbonyl (C=O) groups is 1. The van der Waals surface area contributed by atoms with Gasteiger partial charge in [0.2, 0.25) is 11.8 Å². The largest absolute Gasteiger partial charge is 0.461 e. The molecule has 4 rings (SSSR count). The fraction of sp³-hybridized carbons (Fsp3) is 0.0952. The van der Waals surface area contributed by atoms with E-state index in [0.29, 0.717) is 23.2 Å². The highest BCUT2D eigenvalue weighted by atomic mass is 35.5. The molecule has 29 heavy (non-hydrogen) atoms. The van der Waals surface area contributed by atoms with Gasteiger partial charge in [0.25, 0.3) is 5.91 Å². The lowest BCUT2D eigenvalue weighted by atomic mass is 10.1. The molecule has 0 aliphatic carbocycles. The first kappa shape index (κ1) is 18.9. The molecule has 0 aliphatic heterocycles. The number of rotatable bonds is 6. The number of halogens is 2. The topological polar surface area (TPSA) is 73.0 Å². The van der Waals surface area contributed by atoms with E-state index in [4.69, 9.17) is 16.0 Å². The molecule has 0 amide bonds. The summed E-state index contributed by atoms with van der Waals surface area (Å²) in [5.41, 5.74) is 1.64. The molecule has 4 aromatic rings. The third-order valence-corrected chi connectivity index (χ3v) is 4.47. The number of nitrogens with zero attached hydrogens (tertiary/aromatic N) is 3. The SMILES string of the molecule is O=C(Cc1ccc(Cl)cc1)n1nc(-c2ccco2)nc1NCc1ccc(F)cc1. The standard InChI is InChI=1S/C21H16ClFN4O2/c22-16-7-3-14(4-8-16)12-19(28)27-21(24-13-15-5-9-17(23)10-6-15)25-20(26-27)18-2-1-11-29-18/h1-11H,12-13H2,(H,24,25,26). The summed E-state index contributed by atoms with van der Waals surface area (Å²) in [6, 6.07) is 16.5. The zero-order valence-electron chi connectivity index (χ0n) is 15.2. The van der Waals surface area contributed by atoms with Gasteiger partial charge in [-0.1, -0.05) is 35.9 Å². The Kier molecular flexibility index (Phi) is 5.39. The second-order valence-corrected chi connectivity index (χ2v) is 6.76. The minimum absolute atomic E-state index is 0.128. The average molecular weight is 411 g/mol. The van der Waals surface area contributed by atoms with Crippen LogP contribution < -0.4 is 5.32 Å². The Morgan fingerprint density at radius 1 is 1.07 bits per heavy atom. The lowest BCUT2D eigenvalue weighted by Crippen LogP contribution is -2.18.